The average molecular weight is 569 g/mol. The highest BCUT2D eigenvalue weighted by Gasteiger charge is 2.12. The first-order chi connectivity index (χ1) is 20.3. The zero-order valence-corrected chi connectivity index (χ0v) is 23.7. The van der Waals surface area contributed by atoms with E-state index >= 15 is 0 Å². The molecular weight excluding hydrogens is 536 g/mol. The van der Waals surface area contributed by atoms with Gasteiger partial charge in [0.25, 0.3) is 0 Å². The molecule has 0 amide bonds. The van der Waals surface area contributed by atoms with E-state index in [1.165, 1.54) is 0 Å². The molecule has 11 nitrogen and oxygen atoms in total. The maximum atomic E-state index is 9.90. The Labute approximate surface area is 242 Å². The molecule has 0 aliphatic rings. The molecule has 0 bridgehead atoms. The van der Waals surface area contributed by atoms with E-state index in [1.807, 2.05) is 57.2 Å². The highest BCUT2D eigenvalue weighted by molar-refractivity contribution is 5.77. The zero-order valence-electron chi connectivity index (χ0n) is 23.7. The van der Waals surface area contributed by atoms with Gasteiger partial charge in [0.05, 0.1) is 23.7 Å². The number of nitrogens with zero attached hydrogens (tertiary/aromatic N) is 4. The number of phenols is 2. The van der Waals surface area contributed by atoms with E-state index in [0.717, 1.165) is 22.2 Å². The molecule has 42 heavy (non-hydrogen) atoms. The summed E-state index contributed by atoms with van der Waals surface area (Å²) in [5.74, 6) is 2.73. The van der Waals surface area contributed by atoms with Crippen molar-refractivity contribution in [2.24, 2.45) is 0 Å². The van der Waals surface area contributed by atoms with Crippen molar-refractivity contribution in [3.05, 3.63) is 73.1 Å². The quantitative estimate of drug-likeness (QED) is 0.177. The Bertz CT molecular complexity index is 1730. The minimum atomic E-state index is -0.114. The van der Waals surface area contributed by atoms with Crippen molar-refractivity contribution in [2.75, 3.05) is 13.7 Å². The van der Waals surface area contributed by atoms with Crippen LogP contribution < -0.4 is 9.47 Å². The van der Waals surface area contributed by atoms with Gasteiger partial charge in [-0.3, -0.25) is 0 Å². The van der Waals surface area contributed by atoms with Gasteiger partial charge in [0.2, 0.25) is 0 Å². The standard InChI is InChI=1S/C16H17N3O3.C15H15N3O2/c1-10(9-21-2)22-13-7-11(6-12(20)8-13)15-18-14-4-3-5-17-16(14)19-15;1-9(2)20-12-7-10(6-11(19)8-12)14-17-13-4-3-5-16-15(13)18-14/h3-8,10,20H,9H2,1-2H3,(H,17,18,19);3-9,19H,1-2H3,(H,16,17,18)/t10-;/m0./s1. The third kappa shape index (κ3) is 6.94. The summed E-state index contributed by atoms with van der Waals surface area (Å²) in [6.07, 6.45) is 3.32. The van der Waals surface area contributed by atoms with Gasteiger partial charge in [-0.1, -0.05) is 0 Å². The fourth-order valence-corrected chi connectivity index (χ4v) is 4.31. The van der Waals surface area contributed by atoms with Crippen LogP contribution in [0.2, 0.25) is 0 Å². The van der Waals surface area contributed by atoms with Gasteiger partial charge in [0.1, 0.15) is 40.8 Å². The lowest BCUT2D eigenvalue weighted by Crippen LogP contribution is -2.17. The molecule has 6 rings (SSSR count). The fraction of sp³-hybridized carbons (Fsp3) is 0.226. The number of H-pyrrole nitrogens is 2. The molecule has 0 spiro atoms. The van der Waals surface area contributed by atoms with Crippen LogP contribution >= 0.6 is 0 Å². The molecule has 0 unspecified atom stereocenters. The van der Waals surface area contributed by atoms with Crippen molar-refractivity contribution in [1.82, 2.24) is 29.9 Å². The van der Waals surface area contributed by atoms with Crippen LogP contribution in [0.5, 0.6) is 23.0 Å². The van der Waals surface area contributed by atoms with Gasteiger partial charge in [-0.05, 0) is 69.3 Å². The monoisotopic (exact) mass is 568 g/mol. The van der Waals surface area contributed by atoms with Crippen LogP contribution in [0, 0.1) is 0 Å². The summed E-state index contributed by atoms with van der Waals surface area (Å²) in [6, 6.07) is 17.6. The van der Waals surface area contributed by atoms with Crippen molar-refractivity contribution >= 4 is 22.3 Å². The Kier molecular flexibility index (Phi) is 8.49. The van der Waals surface area contributed by atoms with Crippen molar-refractivity contribution < 1.29 is 24.4 Å². The average Bonchev–Trinajstić information content (AvgIpc) is 3.57. The maximum absolute atomic E-state index is 9.90. The van der Waals surface area contributed by atoms with Gasteiger partial charge in [0, 0.05) is 42.8 Å². The van der Waals surface area contributed by atoms with Gasteiger partial charge < -0.3 is 34.4 Å². The Hall–Kier alpha value is -5.16. The molecule has 0 saturated heterocycles. The molecule has 0 radical (unpaired) electrons. The van der Waals surface area contributed by atoms with E-state index < -0.39 is 0 Å². The molecule has 0 aliphatic carbocycles. The van der Waals surface area contributed by atoms with E-state index in [0.29, 0.717) is 41.0 Å². The van der Waals surface area contributed by atoms with Crippen molar-refractivity contribution in [1.29, 1.82) is 0 Å². The molecular formula is C31H32N6O5. The van der Waals surface area contributed by atoms with Gasteiger partial charge >= 0.3 is 0 Å². The number of aromatic nitrogens is 6. The second-order valence-electron chi connectivity index (χ2n) is 9.90. The highest BCUT2D eigenvalue weighted by atomic mass is 16.5. The van der Waals surface area contributed by atoms with Crippen LogP contribution in [0.3, 0.4) is 0 Å². The number of ether oxygens (including phenoxy) is 3. The van der Waals surface area contributed by atoms with E-state index in [1.54, 1.807) is 43.8 Å². The summed E-state index contributed by atoms with van der Waals surface area (Å²) in [4.78, 5) is 23.6. The van der Waals surface area contributed by atoms with Gasteiger partial charge in [-0.2, -0.15) is 0 Å². The molecule has 4 heterocycles. The number of fused-ring (bicyclic) bond motifs is 2. The Morgan fingerprint density at radius 3 is 1.67 bits per heavy atom. The van der Waals surface area contributed by atoms with E-state index in [4.69, 9.17) is 14.2 Å². The number of aromatic hydroxyl groups is 2. The highest BCUT2D eigenvalue weighted by Crippen LogP contribution is 2.30. The number of aromatic amines is 2. The number of nitrogens with one attached hydrogen (secondary N) is 2. The Balaban J connectivity index is 0.000000169. The van der Waals surface area contributed by atoms with Crippen molar-refractivity contribution in [3.63, 3.8) is 0 Å². The lowest BCUT2D eigenvalue weighted by molar-refractivity contribution is 0.0919. The smallest absolute Gasteiger partial charge is 0.178 e. The van der Waals surface area contributed by atoms with E-state index in [9.17, 15) is 10.2 Å². The van der Waals surface area contributed by atoms with Crippen molar-refractivity contribution in [3.8, 4) is 45.8 Å². The van der Waals surface area contributed by atoms with Crippen LogP contribution in [0.15, 0.2) is 73.1 Å². The minimum Gasteiger partial charge on any atom is -0.508 e. The molecule has 11 heteroatoms. The number of pyridine rings is 2. The first-order valence-corrected chi connectivity index (χ1v) is 13.4. The lowest BCUT2D eigenvalue weighted by Gasteiger charge is -2.14. The van der Waals surface area contributed by atoms with Crippen LogP contribution in [0.1, 0.15) is 20.8 Å². The summed E-state index contributed by atoms with van der Waals surface area (Å²) in [5.41, 5.74) is 4.48. The summed E-state index contributed by atoms with van der Waals surface area (Å²) in [5, 5.41) is 19.7. The first kappa shape index (κ1) is 28.4. The number of methoxy groups -OCH3 is 1. The molecule has 6 aromatic rings. The molecule has 2 aromatic carbocycles. The SMILES string of the molecule is CC(C)Oc1cc(O)cc(-c2nc3ncccc3[nH]2)c1.COC[C@H](C)Oc1cc(O)cc(-c2nc3ncccc3[nH]2)c1. The maximum Gasteiger partial charge on any atom is 0.178 e. The molecule has 0 aliphatic heterocycles. The fourth-order valence-electron chi connectivity index (χ4n) is 4.31. The van der Waals surface area contributed by atoms with E-state index in [2.05, 4.69) is 29.9 Å². The molecule has 0 fully saturated rings. The molecule has 4 N–H and O–H groups in total. The second-order valence-corrected chi connectivity index (χ2v) is 9.90. The normalized spacial score (nSPS) is 11.8. The summed E-state index contributed by atoms with van der Waals surface area (Å²) in [7, 11) is 1.62. The topological polar surface area (TPSA) is 151 Å². The number of phenolic OH excluding ortho intramolecular Hbond substituents is 2. The molecule has 0 saturated carbocycles. The van der Waals surface area contributed by atoms with Gasteiger partial charge in [-0.15, -0.1) is 0 Å². The second kappa shape index (κ2) is 12.6. The first-order valence-electron chi connectivity index (χ1n) is 13.4. The third-order valence-corrected chi connectivity index (χ3v) is 5.95. The number of benzene rings is 2. The number of hydrogen-bond donors (Lipinski definition) is 4. The zero-order chi connectivity index (χ0) is 29.6. The Morgan fingerprint density at radius 1 is 0.714 bits per heavy atom. The predicted molar refractivity (Wildman–Crippen MR) is 160 cm³/mol. The predicted octanol–water partition coefficient (Wildman–Crippen LogP) is 5.86. The van der Waals surface area contributed by atoms with Gasteiger partial charge in [-0.25, -0.2) is 19.9 Å². The number of imidazole rings is 2. The van der Waals surface area contributed by atoms with Crippen LogP contribution in [-0.4, -0.2) is 66.0 Å². The number of hydrogen-bond acceptors (Lipinski definition) is 9. The minimum absolute atomic E-state index is 0.0435. The summed E-state index contributed by atoms with van der Waals surface area (Å²) >= 11 is 0. The number of rotatable bonds is 8. The molecule has 1 atom stereocenters. The third-order valence-electron chi connectivity index (χ3n) is 5.95. The molecule has 216 valence electrons. The Morgan fingerprint density at radius 2 is 1.21 bits per heavy atom. The largest absolute Gasteiger partial charge is 0.508 e. The van der Waals surface area contributed by atoms with E-state index in [-0.39, 0.29) is 23.7 Å². The van der Waals surface area contributed by atoms with Gasteiger partial charge in [0.15, 0.2) is 11.3 Å². The summed E-state index contributed by atoms with van der Waals surface area (Å²) in [6.45, 7) is 6.25. The van der Waals surface area contributed by atoms with Crippen LogP contribution in [0.4, 0.5) is 0 Å². The molecule has 4 aromatic heterocycles. The van der Waals surface area contributed by atoms with Crippen LogP contribution in [0.25, 0.3) is 45.1 Å². The van der Waals surface area contributed by atoms with Crippen LogP contribution in [-0.2, 0) is 4.74 Å². The van der Waals surface area contributed by atoms with Crippen molar-refractivity contribution in [2.45, 2.75) is 33.0 Å². The summed E-state index contributed by atoms with van der Waals surface area (Å²) < 4.78 is 16.4. The lowest BCUT2D eigenvalue weighted by atomic mass is 10.2.